The average molecular weight is 250 g/mol. The third kappa shape index (κ3) is 2.45. The van der Waals surface area contributed by atoms with E-state index in [2.05, 4.69) is 37.8 Å². The normalized spacial score (nSPS) is 19.3. The molecule has 1 aromatic rings. The lowest BCUT2D eigenvalue weighted by molar-refractivity contribution is 0.649. The van der Waals surface area contributed by atoms with E-state index in [0.29, 0.717) is 6.04 Å². The molecular formula is C14H22N2S. The van der Waals surface area contributed by atoms with Crippen LogP contribution in [0.2, 0.25) is 0 Å². The average Bonchev–Trinajstić information content (AvgIpc) is 2.33. The number of nitrogens with two attached hydrogens (primary N) is 1. The summed E-state index contributed by atoms with van der Waals surface area (Å²) in [5.41, 5.74) is 9.91. The molecule has 0 saturated carbocycles. The van der Waals surface area contributed by atoms with Crippen LogP contribution in [-0.4, -0.2) is 24.9 Å². The molecule has 94 valence electrons. The monoisotopic (exact) mass is 250 g/mol. The van der Waals surface area contributed by atoms with Gasteiger partial charge in [-0.25, -0.2) is 0 Å². The van der Waals surface area contributed by atoms with E-state index < -0.39 is 0 Å². The number of fused-ring (bicyclic) bond motifs is 1. The summed E-state index contributed by atoms with van der Waals surface area (Å²) in [6.45, 7) is 8.60. The first-order valence-corrected chi connectivity index (χ1v) is 7.33. The molecule has 1 aliphatic rings. The van der Waals surface area contributed by atoms with Gasteiger partial charge in [0.2, 0.25) is 0 Å². The fraction of sp³-hybridized carbons (Fsp3) is 0.571. The number of aryl methyl sites for hydroxylation is 1. The highest BCUT2D eigenvalue weighted by atomic mass is 32.2. The van der Waals surface area contributed by atoms with Gasteiger partial charge in [0.1, 0.15) is 0 Å². The van der Waals surface area contributed by atoms with Gasteiger partial charge >= 0.3 is 0 Å². The van der Waals surface area contributed by atoms with Gasteiger partial charge in [-0.15, -0.1) is 11.8 Å². The number of thioether (sulfide) groups is 1. The van der Waals surface area contributed by atoms with Crippen LogP contribution in [0.3, 0.4) is 0 Å². The first-order chi connectivity index (χ1) is 8.15. The Morgan fingerprint density at radius 1 is 1.41 bits per heavy atom. The van der Waals surface area contributed by atoms with Crippen LogP contribution >= 0.6 is 11.8 Å². The lowest BCUT2D eigenvalue weighted by atomic mass is 10.1. The minimum atomic E-state index is 0.611. The molecule has 2 rings (SSSR count). The van der Waals surface area contributed by atoms with Gasteiger partial charge in [0, 0.05) is 23.2 Å². The standard InChI is InChI=1S/C14H22N2S/c1-10-5-6-13-14(12(10)3)16(8-4-7-15)11(2)9-17-13/h5-6,11H,4,7-9,15H2,1-3H3. The molecule has 1 heterocycles. The van der Waals surface area contributed by atoms with Crippen molar-refractivity contribution in [2.45, 2.75) is 38.1 Å². The van der Waals surface area contributed by atoms with Crippen LogP contribution in [0.1, 0.15) is 24.5 Å². The molecule has 1 aliphatic heterocycles. The van der Waals surface area contributed by atoms with E-state index in [1.165, 1.54) is 27.5 Å². The summed E-state index contributed by atoms with van der Waals surface area (Å²) in [6, 6.07) is 5.11. The first-order valence-electron chi connectivity index (χ1n) is 6.35. The Hall–Kier alpha value is -0.670. The highest BCUT2D eigenvalue weighted by Crippen LogP contribution is 2.40. The van der Waals surface area contributed by atoms with Crippen LogP contribution < -0.4 is 10.6 Å². The van der Waals surface area contributed by atoms with E-state index in [0.717, 1.165) is 19.5 Å². The number of anilines is 1. The largest absolute Gasteiger partial charge is 0.367 e. The van der Waals surface area contributed by atoms with Gasteiger partial charge in [-0.3, -0.25) is 0 Å². The van der Waals surface area contributed by atoms with E-state index in [1.54, 1.807) is 0 Å². The zero-order valence-electron chi connectivity index (χ0n) is 11.0. The summed E-state index contributed by atoms with van der Waals surface area (Å²) in [5.74, 6) is 1.18. The molecule has 1 atom stereocenters. The number of benzene rings is 1. The van der Waals surface area contributed by atoms with Gasteiger partial charge < -0.3 is 10.6 Å². The van der Waals surface area contributed by atoms with Crippen molar-refractivity contribution >= 4 is 17.4 Å². The smallest absolute Gasteiger partial charge is 0.0539 e. The Labute approximate surface area is 109 Å². The van der Waals surface area contributed by atoms with Crippen molar-refractivity contribution < 1.29 is 0 Å². The van der Waals surface area contributed by atoms with Gasteiger partial charge in [-0.2, -0.15) is 0 Å². The topological polar surface area (TPSA) is 29.3 Å². The fourth-order valence-electron chi connectivity index (χ4n) is 2.36. The van der Waals surface area contributed by atoms with E-state index in [1.807, 2.05) is 11.8 Å². The van der Waals surface area contributed by atoms with Crippen molar-refractivity contribution in [3.05, 3.63) is 23.3 Å². The molecule has 0 spiro atoms. The van der Waals surface area contributed by atoms with Crippen LogP contribution in [0.15, 0.2) is 17.0 Å². The van der Waals surface area contributed by atoms with E-state index in [4.69, 9.17) is 5.73 Å². The van der Waals surface area contributed by atoms with Crippen molar-refractivity contribution in [2.75, 3.05) is 23.7 Å². The zero-order valence-corrected chi connectivity index (χ0v) is 11.8. The fourth-order valence-corrected chi connectivity index (χ4v) is 3.54. The molecule has 2 N–H and O–H groups in total. The van der Waals surface area contributed by atoms with Gasteiger partial charge in [0.15, 0.2) is 0 Å². The Morgan fingerprint density at radius 3 is 2.88 bits per heavy atom. The predicted molar refractivity (Wildman–Crippen MR) is 77.1 cm³/mol. The van der Waals surface area contributed by atoms with Crippen molar-refractivity contribution in [1.29, 1.82) is 0 Å². The maximum absolute atomic E-state index is 5.65. The second-order valence-electron chi connectivity index (χ2n) is 4.85. The third-order valence-electron chi connectivity index (χ3n) is 3.57. The molecule has 0 aromatic heterocycles. The molecule has 0 saturated heterocycles. The summed E-state index contributed by atoms with van der Waals surface area (Å²) in [6.07, 6.45) is 1.07. The Balaban J connectivity index is 2.38. The summed E-state index contributed by atoms with van der Waals surface area (Å²) >= 11 is 1.98. The maximum Gasteiger partial charge on any atom is 0.0539 e. The Kier molecular flexibility index (Phi) is 4.00. The quantitative estimate of drug-likeness (QED) is 0.894. The highest BCUT2D eigenvalue weighted by Gasteiger charge is 2.25. The molecule has 0 fully saturated rings. The van der Waals surface area contributed by atoms with Crippen LogP contribution in [0.25, 0.3) is 0 Å². The number of hydrogen-bond donors (Lipinski definition) is 1. The lowest BCUT2D eigenvalue weighted by Gasteiger charge is -2.38. The maximum atomic E-state index is 5.65. The second kappa shape index (κ2) is 5.32. The van der Waals surface area contributed by atoms with Crippen molar-refractivity contribution in [2.24, 2.45) is 5.73 Å². The molecule has 0 radical (unpaired) electrons. The third-order valence-corrected chi connectivity index (χ3v) is 4.86. The summed E-state index contributed by atoms with van der Waals surface area (Å²) in [7, 11) is 0. The minimum Gasteiger partial charge on any atom is -0.367 e. The summed E-state index contributed by atoms with van der Waals surface area (Å²) in [4.78, 5) is 3.98. The molecule has 2 nitrogen and oxygen atoms in total. The summed E-state index contributed by atoms with van der Waals surface area (Å²) < 4.78 is 0. The van der Waals surface area contributed by atoms with Gasteiger partial charge in [0.05, 0.1) is 5.69 Å². The number of nitrogens with zero attached hydrogens (tertiary/aromatic N) is 1. The Morgan fingerprint density at radius 2 is 2.18 bits per heavy atom. The van der Waals surface area contributed by atoms with Crippen LogP contribution in [0.4, 0.5) is 5.69 Å². The number of rotatable bonds is 3. The van der Waals surface area contributed by atoms with E-state index >= 15 is 0 Å². The second-order valence-corrected chi connectivity index (χ2v) is 5.91. The molecule has 3 heteroatoms. The predicted octanol–water partition coefficient (Wildman–Crippen LogP) is 2.95. The van der Waals surface area contributed by atoms with Crippen molar-refractivity contribution in [3.8, 4) is 0 Å². The lowest BCUT2D eigenvalue weighted by Crippen LogP contribution is -2.39. The molecule has 0 amide bonds. The Bertz CT molecular complexity index is 403. The number of hydrogen-bond acceptors (Lipinski definition) is 3. The molecule has 1 aromatic carbocycles. The van der Waals surface area contributed by atoms with E-state index in [-0.39, 0.29) is 0 Å². The van der Waals surface area contributed by atoms with Gasteiger partial charge in [0.25, 0.3) is 0 Å². The SMILES string of the molecule is Cc1ccc2c(c1C)N(CCCN)C(C)CS2. The summed E-state index contributed by atoms with van der Waals surface area (Å²) in [5, 5.41) is 0. The highest BCUT2D eigenvalue weighted by molar-refractivity contribution is 7.99. The molecule has 17 heavy (non-hydrogen) atoms. The van der Waals surface area contributed by atoms with Gasteiger partial charge in [-0.1, -0.05) is 6.07 Å². The van der Waals surface area contributed by atoms with Crippen molar-refractivity contribution in [3.63, 3.8) is 0 Å². The molecule has 0 aliphatic carbocycles. The molecule has 0 bridgehead atoms. The van der Waals surface area contributed by atoms with Crippen molar-refractivity contribution in [1.82, 2.24) is 0 Å². The van der Waals surface area contributed by atoms with Gasteiger partial charge in [-0.05, 0) is 50.9 Å². The molecular weight excluding hydrogens is 228 g/mol. The van der Waals surface area contributed by atoms with Crippen LogP contribution in [-0.2, 0) is 0 Å². The van der Waals surface area contributed by atoms with E-state index in [9.17, 15) is 0 Å². The minimum absolute atomic E-state index is 0.611. The van der Waals surface area contributed by atoms with Crippen LogP contribution in [0.5, 0.6) is 0 Å². The zero-order chi connectivity index (χ0) is 12.4. The first kappa shape index (κ1) is 12.8. The molecule has 1 unspecified atom stereocenters. The van der Waals surface area contributed by atoms with Crippen LogP contribution in [0, 0.1) is 13.8 Å².